The van der Waals surface area contributed by atoms with Crippen LogP contribution < -0.4 is 10.6 Å². The van der Waals surface area contributed by atoms with Crippen LogP contribution in [0, 0.1) is 6.92 Å². The zero-order valence-corrected chi connectivity index (χ0v) is 14.8. The Bertz CT molecular complexity index is 674. The molecule has 1 aromatic heterocycles. The van der Waals surface area contributed by atoms with Crippen molar-refractivity contribution in [2.45, 2.75) is 44.9 Å². The minimum Gasteiger partial charge on any atom is -0.373 e. The molecule has 2 N–H and O–H groups in total. The summed E-state index contributed by atoms with van der Waals surface area (Å²) < 4.78 is 5.85. The van der Waals surface area contributed by atoms with E-state index in [-0.39, 0.29) is 24.2 Å². The molecule has 1 aromatic carbocycles. The lowest BCUT2D eigenvalue weighted by atomic mass is 9.97. The number of hydrogen-bond acceptors (Lipinski definition) is 4. The number of ether oxygens (including phenoxy) is 1. The van der Waals surface area contributed by atoms with Gasteiger partial charge in [-0.15, -0.1) is 11.3 Å². The van der Waals surface area contributed by atoms with Crippen molar-refractivity contribution in [2.24, 2.45) is 0 Å². The minimum absolute atomic E-state index is 0.0456. The van der Waals surface area contributed by atoms with Crippen molar-refractivity contribution in [1.29, 1.82) is 0 Å². The van der Waals surface area contributed by atoms with E-state index in [1.54, 1.807) is 11.3 Å². The fourth-order valence-electron chi connectivity index (χ4n) is 2.88. The smallest absolute Gasteiger partial charge is 0.315 e. The number of urea groups is 1. The normalized spacial score (nSPS) is 21.9. The molecule has 0 aliphatic carbocycles. The molecule has 2 heterocycles. The van der Waals surface area contributed by atoms with Crippen molar-refractivity contribution in [2.75, 3.05) is 6.61 Å². The van der Waals surface area contributed by atoms with Gasteiger partial charge in [-0.05, 0) is 32.3 Å². The number of carbonyl (C=O) groups is 1. The number of carbonyl (C=O) groups excluding carboxylic acids is 1. The summed E-state index contributed by atoms with van der Waals surface area (Å²) in [6, 6.07) is 10.0. The number of nitrogens with one attached hydrogen (secondary N) is 2. The maximum Gasteiger partial charge on any atom is 0.315 e. The van der Waals surface area contributed by atoms with Crippen molar-refractivity contribution in [1.82, 2.24) is 15.6 Å². The lowest BCUT2D eigenvalue weighted by Crippen LogP contribution is -2.45. The molecule has 0 spiro atoms. The number of rotatable bonds is 4. The van der Waals surface area contributed by atoms with Crippen LogP contribution in [0.1, 0.15) is 48.2 Å². The molecule has 24 heavy (non-hydrogen) atoms. The Labute approximate surface area is 146 Å². The lowest BCUT2D eigenvalue weighted by molar-refractivity contribution is 0.00222. The molecule has 3 atom stereocenters. The number of nitrogens with zero attached hydrogens (tertiary/aromatic N) is 1. The number of aryl methyl sites for hydroxylation is 1. The molecule has 128 valence electrons. The van der Waals surface area contributed by atoms with E-state index < -0.39 is 0 Å². The molecule has 1 fully saturated rings. The van der Waals surface area contributed by atoms with Gasteiger partial charge in [0.25, 0.3) is 0 Å². The summed E-state index contributed by atoms with van der Waals surface area (Å²) in [5, 5.41) is 8.96. The summed E-state index contributed by atoms with van der Waals surface area (Å²) in [6.07, 6.45) is 1.67. The predicted molar refractivity (Wildman–Crippen MR) is 95.1 cm³/mol. The highest BCUT2D eigenvalue weighted by molar-refractivity contribution is 7.09. The molecule has 2 aromatic rings. The van der Waals surface area contributed by atoms with Gasteiger partial charge in [0.05, 0.1) is 12.1 Å². The van der Waals surface area contributed by atoms with Gasteiger partial charge in [-0.25, -0.2) is 9.78 Å². The molecular formula is C18H23N3O2S. The van der Waals surface area contributed by atoms with E-state index in [4.69, 9.17) is 4.74 Å². The van der Waals surface area contributed by atoms with Crippen molar-refractivity contribution in [3.63, 3.8) is 0 Å². The Hall–Kier alpha value is -1.92. The highest BCUT2D eigenvalue weighted by Gasteiger charge is 2.25. The number of thiazole rings is 1. The molecule has 0 radical (unpaired) electrons. The number of hydrogen-bond donors (Lipinski definition) is 2. The van der Waals surface area contributed by atoms with Gasteiger partial charge in [0, 0.05) is 23.7 Å². The molecule has 3 rings (SSSR count). The third-order valence-electron chi connectivity index (χ3n) is 4.15. The first kappa shape index (κ1) is 16.9. The van der Waals surface area contributed by atoms with E-state index in [1.807, 2.05) is 37.4 Å². The molecule has 2 amide bonds. The van der Waals surface area contributed by atoms with Gasteiger partial charge in [0.1, 0.15) is 5.01 Å². The molecule has 5 nitrogen and oxygen atoms in total. The van der Waals surface area contributed by atoms with Gasteiger partial charge < -0.3 is 15.4 Å². The monoisotopic (exact) mass is 345 g/mol. The van der Waals surface area contributed by atoms with Crippen LogP contribution in [0.2, 0.25) is 0 Å². The Morgan fingerprint density at radius 1 is 1.38 bits per heavy atom. The highest BCUT2D eigenvalue weighted by Crippen LogP contribution is 2.28. The van der Waals surface area contributed by atoms with Gasteiger partial charge in [-0.3, -0.25) is 0 Å². The number of benzene rings is 1. The summed E-state index contributed by atoms with van der Waals surface area (Å²) in [6.45, 7) is 4.57. The third kappa shape index (κ3) is 4.33. The summed E-state index contributed by atoms with van der Waals surface area (Å²) in [4.78, 5) is 16.7. The van der Waals surface area contributed by atoms with Crippen LogP contribution in [0.4, 0.5) is 4.79 Å². The standard InChI is InChI=1S/C18H23N3O2S/c1-12-11-24-17(19-12)13(2)20-18(22)21-15-8-9-23-16(10-15)14-6-4-3-5-7-14/h3-7,11,13,15-16H,8-10H2,1-2H3,(H2,20,21,22)/t13-,15-,16-/m0/s1. The molecular weight excluding hydrogens is 322 g/mol. The van der Waals surface area contributed by atoms with Gasteiger partial charge in [0.2, 0.25) is 0 Å². The van der Waals surface area contributed by atoms with E-state index >= 15 is 0 Å². The largest absolute Gasteiger partial charge is 0.373 e. The second kappa shape index (κ2) is 7.77. The molecule has 1 saturated heterocycles. The SMILES string of the molecule is Cc1csc([C@H](C)NC(=O)N[C@H]2CCO[C@H](c3ccccc3)C2)n1. The van der Waals surface area contributed by atoms with Gasteiger partial charge >= 0.3 is 6.03 Å². The minimum atomic E-state index is -0.144. The molecule has 0 bridgehead atoms. The van der Waals surface area contributed by atoms with Crippen LogP contribution in [0.15, 0.2) is 35.7 Å². The molecule has 0 saturated carbocycles. The topological polar surface area (TPSA) is 63.2 Å². The van der Waals surface area contributed by atoms with Gasteiger partial charge in [-0.1, -0.05) is 30.3 Å². The van der Waals surface area contributed by atoms with Crippen LogP contribution >= 0.6 is 11.3 Å². The summed E-state index contributed by atoms with van der Waals surface area (Å²) in [5.41, 5.74) is 2.15. The first-order valence-electron chi connectivity index (χ1n) is 8.27. The third-order valence-corrected chi connectivity index (χ3v) is 5.29. The molecule has 6 heteroatoms. The quantitative estimate of drug-likeness (QED) is 0.887. The Morgan fingerprint density at radius 3 is 2.88 bits per heavy atom. The lowest BCUT2D eigenvalue weighted by Gasteiger charge is -2.30. The maximum atomic E-state index is 12.3. The number of aromatic nitrogens is 1. The highest BCUT2D eigenvalue weighted by atomic mass is 32.1. The van der Waals surface area contributed by atoms with Crippen LogP contribution in [-0.2, 0) is 4.74 Å². The second-order valence-corrected chi connectivity index (χ2v) is 7.05. The average Bonchev–Trinajstić information content (AvgIpc) is 3.02. The first-order valence-corrected chi connectivity index (χ1v) is 9.15. The molecule has 0 unspecified atom stereocenters. The second-order valence-electron chi connectivity index (χ2n) is 6.16. The summed E-state index contributed by atoms with van der Waals surface area (Å²) in [7, 11) is 0. The maximum absolute atomic E-state index is 12.3. The zero-order chi connectivity index (χ0) is 16.9. The van der Waals surface area contributed by atoms with Crippen LogP contribution in [-0.4, -0.2) is 23.7 Å². The van der Waals surface area contributed by atoms with Crippen molar-refractivity contribution < 1.29 is 9.53 Å². The van der Waals surface area contributed by atoms with Crippen molar-refractivity contribution in [3.05, 3.63) is 52.0 Å². The Kier molecular flexibility index (Phi) is 5.48. The first-order chi connectivity index (χ1) is 11.6. The van der Waals surface area contributed by atoms with E-state index in [9.17, 15) is 4.79 Å². The van der Waals surface area contributed by atoms with Gasteiger partial charge in [0.15, 0.2) is 0 Å². The fraction of sp³-hybridized carbons (Fsp3) is 0.444. The van der Waals surface area contributed by atoms with Crippen molar-refractivity contribution in [3.8, 4) is 0 Å². The molecule has 1 aliphatic rings. The van der Waals surface area contributed by atoms with E-state index in [0.29, 0.717) is 6.61 Å². The predicted octanol–water partition coefficient (Wildman–Crippen LogP) is 3.73. The summed E-state index contributed by atoms with van der Waals surface area (Å²) in [5.74, 6) is 0. The van der Waals surface area contributed by atoms with E-state index in [2.05, 4.69) is 27.8 Å². The Morgan fingerprint density at radius 2 is 2.17 bits per heavy atom. The molecule has 1 aliphatic heterocycles. The van der Waals surface area contributed by atoms with Crippen LogP contribution in [0.3, 0.4) is 0 Å². The van der Waals surface area contributed by atoms with E-state index in [0.717, 1.165) is 29.1 Å². The fourth-order valence-corrected chi connectivity index (χ4v) is 3.69. The van der Waals surface area contributed by atoms with Crippen LogP contribution in [0.25, 0.3) is 0 Å². The van der Waals surface area contributed by atoms with Crippen LogP contribution in [0.5, 0.6) is 0 Å². The van der Waals surface area contributed by atoms with E-state index in [1.165, 1.54) is 0 Å². The van der Waals surface area contributed by atoms with Crippen molar-refractivity contribution >= 4 is 17.4 Å². The van der Waals surface area contributed by atoms with Gasteiger partial charge in [-0.2, -0.15) is 0 Å². The average molecular weight is 345 g/mol. The zero-order valence-electron chi connectivity index (χ0n) is 14.0. The Balaban J connectivity index is 1.52. The number of amides is 2. The summed E-state index contributed by atoms with van der Waals surface area (Å²) >= 11 is 1.57.